The van der Waals surface area contributed by atoms with Gasteiger partial charge < -0.3 is 5.11 Å². The van der Waals surface area contributed by atoms with E-state index in [2.05, 4.69) is 19.9 Å². The second kappa shape index (κ2) is 4.85. The predicted octanol–water partition coefficient (Wildman–Crippen LogP) is 4.95. The normalized spacial score (nSPS) is 52.6. The highest BCUT2D eigenvalue weighted by Crippen LogP contribution is 2.65. The van der Waals surface area contributed by atoms with Crippen LogP contribution in [0.4, 0.5) is 0 Å². The Morgan fingerprint density at radius 3 is 2.81 bits per heavy atom. The molecule has 0 aromatic carbocycles. The number of fused-ring (bicyclic) bond motifs is 5. The molecule has 0 bridgehead atoms. The lowest BCUT2D eigenvalue weighted by Crippen LogP contribution is -2.49. The van der Waals surface area contributed by atoms with Crippen LogP contribution in [0, 0.1) is 34.5 Å². The molecule has 4 rings (SSSR count). The van der Waals surface area contributed by atoms with E-state index in [1.807, 2.05) is 0 Å². The highest BCUT2D eigenvalue weighted by Gasteiger charge is 2.56. The summed E-state index contributed by atoms with van der Waals surface area (Å²) in [6, 6.07) is 0. The van der Waals surface area contributed by atoms with Crippen molar-refractivity contribution in [3.05, 3.63) is 11.6 Å². The van der Waals surface area contributed by atoms with E-state index in [0.29, 0.717) is 23.4 Å². The first kappa shape index (κ1) is 14.3. The number of hydrogen-bond acceptors (Lipinski definition) is 1. The van der Waals surface area contributed by atoms with Crippen molar-refractivity contribution in [3.63, 3.8) is 0 Å². The molecule has 1 unspecified atom stereocenters. The molecule has 6 atom stereocenters. The van der Waals surface area contributed by atoms with E-state index in [-0.39, 0.29) is 0 Å². The van der Waals surface area contributed by atoms with Gasteiger partial charge in [-0.05, 0) is 85.9 Å². The van der Waals surface area contributed by atoms with Crippen LogP contribution in [0.1, 0.15) is 71.6 Å². The molecule has 0 aromatic rings. The maximum absolute atomic E-state index is 9.65. The minimum atomic E-state index is 0.387. The van der Waals surface area contributed by atoms with Crippen LogP contribution < -0.4 is 0 Å². The highest BCUT2D eigenvalue weighted by atomic mass is 16.3. The molecule has 1 heteroatoms. The summed E-state index contributed by atoms with van der Waals surface area (Å²) in [5, 5.41) is 9.65. The van der Waals surface area contributed by atoms with E-state index in [1.54, 1.807) is 5.57 Å². The van der Waals surface area contributed by atoms with Gasteiger partial charge in [0.1, 0.15) is 0 Å². The van der Waals surface area contributed by atoms with E-state index in [1.165, 1.54) is 51.4 Å². The number of aliphatic hydroxyl groups excluding tert-OH is 1. The van der Waals surface area contributed by atoms with E-state index >= 15 is 0 Å². The minimum absolute atomic E-state index is 0.387. The Balaban J connectivity index is 1.66. The molecular weight excluding hydrogens is 256 g/mol. The Kier molecular flexibility index (Phi) is 3.30. The Hall–Kier alpha value is -0.300. The summed E-state index contributed by atoms with van der Waals surface area (Å²) in [7, 11) is 0. The molecule has 21 heavy (non-hydrogen) atoms. The van der Waals surface area contributed by atoms with Crippen molar-refractivity contribution in [2.24, 2.45) is 34.5 Å². The summed E-state index contributed by atoms with van der Waals surface area (Å²) < 4.78 is 0. The summed E-state index contributed by atoms with van der Waals surface area (Å²) in [6.07, 6.45) is 15.1. The van der Waals surface area contributed by atoms with E-state index in [9.17, 15) is 5.11 Å². The lowest BCUT2D eigenvalue weighted by molar-refractivity contribution is -0.0446. The van der Waals surface area contributed by atoms with Gasteiger partial charge in [0.25, 0.3) is 0 Å². The van der Waals surface area contributed by atoms with Crippen molar-refractivity contribution in [1.82, 2.24) is 0 Å². The molecule has 0 spiro atoms. The average Bonchev–Trinajstić information content (AvgIpc) is 2.87. The molecule has 1 nitrogen and oxygen atoms in total. The van der Waals surface area contributed by atoms with Crippen molar-refractivity contribution in [2.75, 3.05) is 6.61 Å². The van der Waals surface area contributed by atoms with Crippen molar-refractivity contribution >= 4 is 0 Å². The van der Waals surface area contributed by atoms with Crippen LogP contribution in [-0.4, -0.2) is 11.7 Å². The van der Waals surface area contributed by atoms with Gasteiger partial charge in [-0.3, -0.25) is 0 Å². The summed E-state index contributed by atoms with van der Waals surface area (Å²) in [5.41, 5.74) is 2.84. The maximum atomic E-state index is 9.65. The molecule has 3 saturated carbocycles. The van der Waals surface area contributed by atoms with Gasteiger partial charge in [0.05, 0.1) is 0 Å². The Morgan fingerprint density at radius 2 is 2.00 bits per heavy atom. The third-order valence-corrected chi connectivity index (χ3v) is 8.19. The zero-order valence-corrected chi connectivity index (χ0v) is 13.9. The standard InChI is InChI=1S/C20H32O/c1-19-10-3-4-17(19)16-8-7-15-6-5-14(13-21)12-20(15,2)18(16)9-11-19/h6,14,16-18,21H,3-5,7-13H2,1-2H3/t14?,16-,17-,18-,19-,20-/m0/s1. The summed E-state index contributed by atoms with van der Waals surface area (Å²) in [5.74, 6) is 3.41. The van der Waals surface area contributed by atoms with Crippen LogP contribution in [0.15, 0.2) is 11.6 Å². The van der Waals surface area contributed by atoms with Crippen molar-refractivity contribution in [3.8, 4) is 0 Å². The van der Waals surface area contributed by atoms with Gasteiger partial charge in [0.2, 0.25) is 0 Å². The SMILES string of the molecule is C[C@@]12CCC[C@H]1[C@@H]1CCC3=CCC(CO)C[C@]3(C)[C@H]1CC2. The molecule has 0 aromatic heterocycles. The fourth-order valence-corrected chi connectivity index (χ4v) is 7.07. The third kappa shape index (κ3) is 1.99. The van der Waals surface area contributed by atoms with Gasteiger partial charge in [-0.2, -0.15) is 0 Å². The number of hydrogen-bond donors (Lipinski definition) is 1. The van der Waals surface area contributed by atoms with Crippen LogP contribution in [0.3, 0.4) is 0 Å². The van der Waals surface area contributed by atoms with Gasteiger partial charge >= 0.3 is 0 Å². The number of rotatable bonds is 1. The molecule has 0 aliphatic heterocycles. The van der Waals surface area contributed by atoms with Gasteiger partial charge in [0.15, 0.2) is 0 Å². The average molecular weight is 288 g/mol. The lowest BCUT2D eigenvalue weighted by Gasteiger charge is -2.58. The van der Waals surface area contributed by atoms with E-state index in [0.717, 1.165) is 24.2 Å². The maximum Gasteiger partial charge on any atom is 0.0462 e. The second-order valence-corrected chi connectivity index (χ2v) is 9.14. The molecule has 0 heterocycles. The largest absolute Gasteiger partial charge is 0.396 e. The van der Waals surface area contributed by atoms with E-state index < -0.39 is 0 Å². The molecule has 3 fully saturated rings. The van der Waals surface area contributed by atoms with Gasteiger partial charge in [0, 0.05) is 6.61 Å². The van der Waals surface area contributed by atoms with Gasteiger partial charge in [-0.15, -0.1) is 0 Å². The Bertz CT molecular complexity index is 453. The van der Waals surface area contributed by atoms with Crippen LogP contribution in [0.2, 0.25) is 0 Å². The first-order chi connectivity index (χ1) is 10.1. The van der Waals surface area contributed by atoms with Gasteiger partial charge in [-0.25, -0.2) is 0 Å². The zero-order valence-electron chi connectivity index (χ0n) is 13.9. The molecule has 4 aliphatic carbocycles. The number of allylic oxidation sites excluding steroid dienone is 2. The molecule has 1 N–H and O–H groups in total. The fraction of sp³-hybridized carbons (Fsp3) is 0.900. The van der Waals surface area contributed by atoms with Crippen molar-refractivity contribution in [2.45, 2.75) is 71.6 Å². The van der Waals surface area contributed by atoms with Crippen LogP contribution in [-0.2, 0) is 0 Å². The molecule has 118 valence electrons. The van der Waals surface area contributed by atoms with Crippen LogP contribution in [0.5, 0.6) is 0 Å². The smallest absolute Gasteiger partial charge is 0.0462 e. The lowest BCUT2D eigenvalue weighted by atomic mass is 9.47. The predicted molar refractivity (Wildman–Crippen MR) is 86.9 cm³/mol. The van der Waals surface area contributed by atoms with E-state index in [4.69, 9.17) is 0 Å². The first-order valence-corrected chi connectivity index (χ1v) is 9.37. The molecule has 0 saturated heterocycles. The summed E-state index contributed by atoms with van der Waals surface area (Å²) in [6.45, 7) is 5.53. The Morgan fingerprint density at radius 1 is 1.14 bits per heavy atom. The monoisotopic (exact) mass is 288 g/mol. The first-order valence-electron chi connectivity index (χ1n) is 9.37. The quantitative estimate of drug-likeness (QED) is 0.677. The fourth-order valence-electron chi connectivity index (χ4n) is 7.07. The minimum Gasteiger partial charge on any atom is -0.396 e. The van der Waals surface area contributed by atoms with Gasteiger partial charge in [-0.1, -0.05) is 31.9 Å². The molecular formula is C20H32O. The van der Waals surface area contributed by atoms with Crippen LogP contribution >= 0.6 is 0 Å². The molecule has 0 radical (unpaired) electrons. The summed E-state index contributed by atoms with van der Waals surface area (Å²) >= 11 is 0. The number of aliphatic hydroxyl groups is 1. The highest BCUT2D eigenvalue weighted by molar-refractivity contribution is 5.24. The molecule has 0 amide bonds. The topological polar surface area (TPSA) is 20.2 Å². The summed E-state index contributed by atoms with van der Waals surface area (Å²) in [4.78, 5) is 0. The van der Waals surface area contributed by atoms with Crippen LogP contribution in [0.25, 0.3) is 0 Å². The van der Waals surface area contributed by atoms with Crippen molar-refractivity contribution in [1.29, 1.82) is 0 Å². The zero-order chi connectivity index (χ0) is 14.7. The van der Waals surface area contributed by atoms with Crippen molar-refractivity contribution < 1.29 is 5.11 Å². The second-order valence-electron chi connectivity index (χ2n) is 9.14. The molecule has 4 aliphatic rings. The third-order valence-electron chi connectivity index (χ3n) is 8.19. The Labute approximate surface area is 130 Å².